The van der Waals surface area contributed by atoms with Gasteiger partial charge in [-0.15, -0.1) is 24.8 Å². The highest BCUT2D eigenvalue weighted by Crippen LogP contribution is 2.13. The van der Waals surface area contributed by atoms with Crippen LogP contribution in [-0.4, -0.2) is 33.4 Å². The van der Waals surface area contributed by atoms with Crippen molar-refractivity contribution in [3.05, 3.63) is 46.1 Å². The molecule has 27 heavy (non-hydrogen) atoms. The Bertz CT molecular complexity index is 768. The number of hydrogen-bond donors (Lipinski definition) is 3. The summed E-state index contributed by atoms with van der Waals surface area (Å²) in [4.78, 5) is 35.7. The van der Waals surface area contributed by atoms with Crippen LogP contribution in [0.4, 0.5) is 0 Å². The third kappa shape index (κ3) is 7.28. The van der Waals surface area contributed by atoms with E-state index in [1.165, 1.54) is 0 Å². The van der Waals surface area contributed by atoms with Crippen molar-refractivity contribution in [2.45, 2.75) is 45.6 Å². The van der Waals surface area contributed by atoms with Gasteiger partial charge in [-0.3, -0.25) is 14.6 Å². The lowest BCUT2D eigenvalue weighted by Crippen LogP contribution is -2.41. The molecule has 0 aliphatic carbocycles. The maximum atomic E-state index is 12.4. The zero-order valence-corrected chi connectivity index (χ0v) is 17.2. The smallest absolute Gasteiger partial charge is 0.255 e. The summed E-state index contributed by atoms with van der Waals surface area (Å²) in [5, 5.41) is 2.90. The van der Waals surface area contributed by atoms with Crippen LogP contribution in [0.5, 0.6) is 0 Å². The number of H-pyrrole nitrogens is 1. The Morgan fingerprint density at radius 3 is 2.52 bits per heavy atom. The first-order chi connectivity index (χ1) is 12.0. The summed E-state index contributed by atoms with van der Waals surface area (Å²) in [6.45, 7) is 4.22. The summed E-state index contributed by atoms with van der Waals surface area (Å²) in [5.41, 5.74) is 7.09. The number of nitrogens with zero attached hydrogens (tertiary/aromatic N) is 2. The highest BCUT2D eigenvalue weighted by Gasteiger charge is 2.16. The molecule has 1 unspecified atom stereocenters. The summed E-state index contributed by atoms with van der Waals surface area (Å²) in [6, 6.07) is 3.48. The van der Waals surface area contributed by atoms with Gasteiger partial charge in [0.15, 0.2) is 0 Å². The average Bonchev–Trinajstić information content (AvgIpc) is 2.62. The maximum absolute atomic E-state index is 12.4. The van der Waals surface area contributed by atoms with Crippen LogP contribution < -0.4 is 16.6 Å². The second kappa shape index (κ2) is 12.4. The predicted octanol–water partition coefficient (Wildman–Crippen LogP) is 2.16. The second-order valence-corrected chi connectivity index (χ2v) is 6.03. The molecule has 0 aromatic carbocycles. The number of aromatic amines is 1. The molecular formula is C18H27Cl2N5O2. The molecule has 2 aromatic heterocycles. The number of aryl methyl sites for hydroxylation is 1. The van der Waals surface area contributed by atoms with Crippen molar-refractivity contribution >= 4 is 30.7 Å². The first-order valence-electron chi connectivity index (χ1n) is 8.54. The van der Waals surface area contributed by atoms with E-state index >= 15 is 0 Å². The van der Waals surface area contributed by atoms with Crippen LogP contribution >= 0.6 is 24.8 Å². The first-order valence-corrected chi connectivity index (χ1v) is 8.54. The fourth-order valence-corrected chi connectivity index (χ4v) is 2.60. The van der Waals surface area contributed by atoms with Crippen LogP contribution in [0, 0.1) is 6.92 Å². The van der Waals surface area contributed by atoms with E-state index in [1.807, 2.05) is 0 Å². The number of nitrogens with two attached hydrogens (primary N) is 1. The second-order valence-electron chi connectivity index (χ2n) is 6.03. The lowest BCUT2D eigenvalue weighted by atomic mass is 10.1. The Morgan fingerprint density at radius 2 is 1.96 bits per heavy atom. The minimum Gasteiger partial charge on any atom is -0.352 e. The fourth-order valence-electron chi connectivity index (χ4n) is 2.60. The molecule has 9 heteroatoms. The number of hydrogen-bond acceptors (Lipinski definition) is 5. The van der Waals surface area contributed by atoms with Crippen molar-refractivity contribution in [2.24, 2.45) is 5.73 Å². The van der Waals surface area contributed by atoms with E-state index in [0.29, 0.717) is 23.6 Å². The van der Waals surface area contributed by atoms with Crippen molar-refractivity contribution in [1.82, 2.24) is 20.3 Å². The fraction of sp³-hybridized carbons (Fsp3) is 0.444. The van der Waals surface area contributed by atoms with Gasteiger partial charge in [-0.1, -0.05) is 19.8 Å². The molecule has 0 saturated carbocycles. The molecule has 0 aliphatic heterocycles. The molecule has 0 fully saturated rings. The number of carbonyl (C=O) groups excluding carboxylic acids is 1. The zero-order chi connectivity index (χ0) is 18.2. The van der Waals surface area contributed by atoms with Crippen molar-refractivity contribution in [3.8, 4) is 11.4 Å². The summed E-state index contributed by atoms with van der Waals surface area (Å²) in [5.74, 6) is 0.260. The van der Waals surface area contributed by atoms with Gasteiger partial charge in [0.25, 0.3) is 5.56 Å². The topological polar surface area (TPSA) is 114 Å². The molecular weight excluding hydrogens is 389 g/mol. The summed E-state index contributed by atoms with van der Waals surface area (Å²) < 4.78 is 0. The highest BCUT2D eigenvalue weighted by atomic mass is 35.5. The monoisotopic (exact) mass is 415 g/mol. The molecule has 0 bridgehead atoms. The van der Waals surface area contributed by atoms with E-state index in [9.17, 15) is 9.59 Å². The van der Waals surface area contributed by atoms with Crippen LogP contribution in [-0.2, 0) is 11.2 Å². The molecule has 0 aliphatic rings. The van der Waals surface area contributed by atoms with E-state index < -0.39 is 0 Å². The standard InChI is InChI=1S/C18H25N5O2.2ClH/c1-3-4-5-14(11-19)22-16(24)10-15-12(2)21-17(23-18(15)25)13-6-8-20-9-7-13;;/h6-9,14H,3-5,10-11,19H2,1-2H3,(H,22,24)(H,21,23,25);2*1H. The van der Waals surface area contributed by atoms with Crippen molar-refractivity contribution in [1.29, 1.82) is 0 Å². The SMILES string of the molecule is CCCCC(CN)NC(=O)Cc1c(C)nc(-c2ccncc2)[nH]c1=O.Cl.Cl. The highest BCUT2D eigenvalue weighted by molar-refractivity contribution is 5.85. The van der Waals surface area contributed by atoms with Gasteiger partial charge in [0.2, 0.25) is 5.91 Å². The largest absolute Gasteiger partial charge is 0.352 e. The number of amides is 1. The Balaban J connectivity index is 0.00000338. The lowest BCUT2D eigenvalue weighted by molar-refractivity contribution is -0.121. The van der Waals surface area contributed by atoms with Crippen LogP contribution in [0.1, 0.15) is 37.4 Å². The number of rotatable bonds is 8. The Hall–Kier alpha value is -1.96. The van der Waals surface area contributed by atoms with Crippen molar-refractivity contribution in [2.75, 3.05) is 6.54 Å². The summed E-state index contributed by atoms with van der Waals surface area (Å²) in [7, 11) is 0. The van der Waals surface area contributed by atoms with Crippen LogP contribution in [0.15, 0.2) is 29.3 Å². The van der Waals surface area contributed by atoms with Gasteiger partial charge in [0.1, 0.15) is 5.82 Å². The van der Waals surface area contributed by atoms with Crippen molar-refractivity contribution in [3.63, 3.8) is 0 Å². The number of carbonyl (C=O) groups is 1. The lowest BCUT2D eigenvalue weighted by Gasteiger charge is -2.16. The summed E-state index contributed by atoms with van der Waals surface area (Å²) >= 11 is 0. The quantitative estimate of drug-likeness (QED) is 0.610. The molecule has 7 nitrogen and oxygen atoms in total. The van der Waals surface area contributed by atoms with Gasteiger partial charge in [0.05, 0.1) is 6.42 Å². The van der Waals surface area contributed by atoms with E-state index in [4.69, 9.17) is 5.73 Å². The molecule has 2 aromatic rings. The van der Waals surface area contributed by atoms with E-state index in [0.717, 1.165) is 24.8 Å². The van der Waals surface area contributed by atoms with E-state index in [2.05, 4.69) is 27.2 Å². The maximum Gasteiger partial charge on any atom is 0.255 e. The van der Waals surface area contributed by atoms with Gasteiger partial charge in [-0.05, 0) is 25.5 Å². The van der Waals surface area contributed by atoms with E-state index in [-0.39, 0.29) is 48.7 Å². The number of aromatic nitrogens is 3. The van der Waals surface area contributed by atoms with Gasteiger partial charge in [-0.2, -0.15) is 0 Å². The number of pyridine rings is 1. The molecule has 2 rings (SSSR count). The Labute approximate surface area is 171 Å². The number of halogens is 2. The van der Waals surface area contributed by atoms with Crippen LogP contribution in [0.25, 0.3) is 11.4 Å². The number of unbranched alkanes of at least 4 members (excludes halogenated alkanes) is 1. The molecule has 1 amide bonds. The van der Waals surface area contributed by atoms with Gasteiger partial charge in [0, 0.05) is 41.8 Å². The Morgan fingerprint density at radius 1 is 1.30 bits per heavy atom. The molecule has 4 N–H and O–H groups in total. The third-order valence-electron chi connectivity index (χ3n) is 4.07. The molecule has 2 heterocycles. The summed E-state index contributed by atoms with van der Waals surface area (Å²) in [6.07, 6.45) is 6.15. The van der Waals surface area contributed by atoms with Crippen LogP contribution in [0.2, 0.25) is 0 Å². The molecule has 150 valence electrons. The van der Waals surface area contributed by atoms with Gasteiger partial charge >= 0.3 is 0 Å². The minimum atomic E-state index is -0.299. The number of nitrogens with one attached hydrogen (secondary N) is 2. The van der Waals surface area contributed by atoms with E-state index in [1.54, 1.807) is 31.5 Å². The van der Waals surface area contributed by atoms with Gasteiger partial charge in [-0.25, -0.2) is 4.98 Å². The minimum absolute atomic E-state index is 0. The molecule has 0 saturated heterocycles. The molecule has 0 radical (unpaired) electrons. The van der Waals surface area contributed by atoms with Crippen LogP contribution in [0.3, 0.4) is 0 Å². The predicted molar refractivity (Wildman–Crippen MR) is 112 cm³/mol. The average molecular weight is 416 g/mol. The normalized spacial score (nSPS) is 11.1. The molecule has 0 spiro atoms. The third-order valence-corrected chi connectivity index (χ3v) is 4.07. The van der Waals surface area contributed by atoms with Gasteiger partial charge < -0.3 is 16.0 Å². The van der Waals surface area contributed by atoms with Crippen molar-refractivity contribution < 1.29 is 4.79 Å². The first kappa shape index (κ1) is 25.0. The Kier molecular flexibility index (Phi) is 11.5. The molecule has 1 atom stereocenters. The zero-order valence-electron chi connectivity index (χ0n) is 15.5.